The highest BCUT2D eigenvalue weighted by molar-refractivity contribution is 6.00. The zero-order valence-electron chi connectivity index (χ0n) is 22.2. The Balaban J connectivity index is 0.000000738. The van der Waals surface area contributed by atoms with Crippen LogP contribution in [0.15, 0.2) is 54.6 Å². The van der Waals surface area contributed by atoms with E-state index in [1.165, 1.54) is 0 Å². The van der Waals surface area contributed by atoms with Gasteiger partial charge in [-0.15, -0.1) is 0 Å². The van der Waals surface area contributed by atoms with Crippen LogP contribution in [0.5, 0.6) is 0 Å². The molecule has 0 fully saturated rings. The number of nitrogens with zero attached hydrogens (tertiary/aromatic N) is 2. The molecule has 0 aliphatic heterocycles. The third-order valence-electron chi connectivity index (χ3n) is 5.53. The smallest absolute Gasteiger partial charge is 0.328 e. The third kappa shape index (κ3) is 11.5. The Morgan fingerprint density at radius 1 is 0.838 bits per heavy atom. The lowest BCUT2D eigenvalue weighted by Gasteiger charge is -2.26. The van der Waals surface area contributed by atoms with Gasteiger partial charge in [-0.2, -0.15) is 0 Å². The van der Waals surface area contributed by atoms with Gasteiger partial charge in [0.2, 0.25) is 5.91 Å². The van der Waals surface area contributed by atoms with Gasteiger partial charge in [0.25, 0.3) is 5.91 Å². The summed E-state index contributed by atoms with van der Waals surface area (Å²) in [7, 11) is 0. The Bertz CT molecular complexity index is 1060. The van der Waals surface area contributed by atoms with Crippen LogP contribution in [0.4, 0.5) is 5.69 Å². The number of benzene rings is 2. The first-order valence-corrected chi connectivity index (χ1v) is 12.1. The van der Waals surface area contributed by atoms with Gasteiger partial charge in [0.1, 0.15) is 6.54 Å². The summed E-state index contributed by atoms with van der Waals surface area (Å²) in [5.74, 6) is -2.81. The van der Waals surface area contributed by atoms with Crippen molar-refractivity contribution in [1.82, 2.24) is 9.80 Å². The maximum atomic E-state index is 13.0. The second kappa shape index (κ2) is 15.9. The van der Waals surface area contributed by atoms with E-state index >= 15 is 0 Å². The summed E-state index contributed by atoms with van der Waals surface area (Å²) in [6.45, 7) is 13.3. The number of hydrogen-bond acceptors (Lipinski definition) is 5. The molecule has 0 spiro atoms. The van der Waals surface area contributed by atoms with E-state index in [2.05, 4.69) is 36.2 Å². The number of hydrogen-bond donors (Lipinski definition) is 3. The third-order valence-corrected chi connectivity index (χ3v) is 5.53. The fourth-order valence-electron chi connectivity index (χ4n) is 3.69. The van der Waals surface area contributed by atoms with Gasteiger partial charge in [-0.05, 0) is 57.1 Å². The molecule has 0 radical (unpaired) electrons. The number of rotatable bonds is 11. The quantitative estimate of drug-likeness (QED) is 0.392. The Labute approximate surface area is 218 Å². The molecule has 0 aromatic heterocycles. The van der Waals surface area contributed by atoms with Crippen molar-refractivity contribution >= 4 is 29.4 Å². The van der Waals surface area contributed by atoms with Crippen LogP contribution in [-0.4, -0.2) is 76.5 Å². The monoisotopic (exact) mass is 511 g/mol. The zero-order chi connectivity index (χ0) is 28.0. The number of amides is 2. The van der Waals surface area contributed by atoms with Gasteiger partial charge in [0.15, 0.2) is 0 Å². The predicted octanol–water partition coefficient (Wildman–Crippen LogP) is 3.75. The second-order valence-corrected chi connectivity index (χ2v) is 8.45. The topological polar surface area (TPSA) is 127 Å². The minimum absolute atomic E-state index is 0.0295. The first kappa shape index (κ1) is 31.1. The first-order chi connectivity index (χ1) is 17.5. The number of carboxylic acids is 2. The summed E-state index contributed by atoms with van der Waals surface area (Å²) in [5.41, 5.74) is 4.65. The minimum Gasteiger partial charge on any atom is -0.478 e. The van der Waals surface area contributed by atoms with Crippen LogP contribution < -0.4 is 5.32 Å². The average molecular weight is 512 g/mol. The van der Waals surface area contributed by atoms with Crippen LogP contribution in [0.1, 0.15) is 40.9 Å². The molecule has 9 nitrogen and oxygen atoms in total. The van der Waals surface area contributed by atoms with Gasteiger partial charge in [0, 0.05) is 36.5 Å². The van der Waals surface area contributed by atoms with Crippen LogP contribution >= 0.6 is 0 Å². The average Bonchev–Trinajstić information content (AvgIpc) is 2.85. The largest absolute Gasteiger partial charge is 0.478 e. The van der Waals surface area contributed by atoms with Gasteiger partial charge in [0.05, 0.1) is 0 Å². The molecule has 0 aliphatic carbocycles. The van der Waals surface area contributed by atoms with Gasteiger partial charge in [-0.3, -0.25) is 9.59 Å². The van der Waals surface area contributed by atoms with Gasteiger partial charge in [-0.25, -0.2) is 9.59 Å². The van der Waals surface area contributed by atoms with Crippen LogP contribution in [0, 0.1) is 20.8 Å². The number of aliphatic carboxylic acids is 2. The Morgan fingerprint density at radius 3 is 1.81 bits per heavy atom. The Morgan fingerprint density at radius 2 is 1.35 bits per heavy atom. The molecule has 2 aromatic rings. The number of carbonyl (C=O) groups excluding carboxylic acids is 2. The van der Waals surface area contributed by atoms with E-state index in [1.54, 1.807) is 17.0 Å². The fourth-order valence-corrected chi connectivity index (χ4v) is 3.69. The van der Waals surface area contributed by atoms with Crippen LogP contribution in [0.2, 0.25) is 0 Å². The molecule has 2 rings (SSSR count). The summed E-state index contributed by atoms with van der Waals surface area (Å²) in [6, 6.07) is 13.3. The van der Waals surface area contributed by atoms with Crippen molar-refractivity contribution < 1.29 is 29.4 Å². The molecule has 0 aliphatic rings. The van der Waals surface area contributed by atoms with E-state index < -0.39 is 11.9 Å². The number of aryl methyl sites for hydroxylation is 3. The summed E-state index contributed by atoms with van der Waals surface area (Å²) in [5, 5.41) is 18.6. The standard InChI is InChI=1S/C24H33N3O2.C4H4O4/c1-6-26(7-2)13-14-27(24(29)21-11-9-8-10-12-21)17-22(28)25-23-19(4)15-18(3)16-20(23)5;5-3(6)1-2-4(7)8/h8-12,15-16H,6-7,13-14,17H2,1-5H3,(H,25,28);1-2H,(H,5,6)(H,7,8). The molecule has 3 N–H and O–H groups in total. The minimum atomic E-state index is -1.26. The van der Waals surface area contributed by atoms with E-state index in [9.17, 15) is 19.2 Å². The molecule has 0 heterocycles. The molecule has 0 unspecified atom stereocenters. The molecule has 0 saturated carbocycles. The Kier molecular flexibility index (Phi) is 13.3. The van der Waals surface area contributed by atoms with Crippen LogP contribution in [0.25, 0.3) is 0 Å². The molecule has 200 valence electrons. The molecular formula is C28H37N3O6. The van der Waals surface area contributed by atoms with E-state index in [-0.39, 0.29) is 18.4 Å². The van der Waals surface area contributed by atoms with Gasteiger partial charge < -0.3 is 25.3 Å². The lowest BCUT2D eigenvalue weighted by molar-refractivity contribution is -0.134. The van der Waals surface area contributed by atoms with E-state index in [0.717, 1.165) is 42.0 Å². The number of carbonyl (C=O) groups is 4. The summed E-state index contributed by atoms with van der Waals surface area (Å²) in [6.07, 6.45) is 1.12. The predicted molar refractivity (Wildman–Crippen MR) is 144 cm³/mol. The Hall–Kier alpha value is -3.98. The highest BCUT2D eigenvalue weighted by Gasteiger charge is 2.20. The van der Waals surface area contributed by atoms with Crippen molar-refractivity contribution in [2.45, 2.75) is 34.6 Å². The molecular weight excluding hydrogens is 474 g/mol. The molecule has 37 heavy (non-hydrogen) atoms. The van der Waals surface area contributed by atoms with E-state index in [1.807, 2.05) is 39.0 Å². The second-order valence-electron chi connectivity index (χ2n) is 8.45. The van der Waals surface area contributed by atoms with E-state index in [4.69, 9.17) is 10.2 Å². The lowest BCUT2D eigenvalue weighted by Crippen LogP contribution is -2.42. The zero-order valence-corrected chi connectivity index (χ0v) is 22.2. The van der Waals surface area contributed by atoms with Gasteiger partial charge in [-0.1, -0.05) is 49.7 Å². The first-order valence-electron chi connectivity index (χ1n) is 12.1. The van der Waals surface area contributed by atoms with Crippen molar-refractivity contribution in [3.63, 3.8) is 0 Å². The fraction of sp³-hybridized carbons (Fsp3) is 0.357. The number of nitrogens with one attached hydrogen (secondary N) is 1. The molecule has 0 atom stereocenters. The molecule has 0 bridgehead atoms. The molecule has 2 amide bonds. The van der Waals surface area contributed by atoms with Crippen molar-refractivity contribution in [2.24, 2.45) is 0 Å². The normalized spacial score (nSPS) is 10.5. The SMILES string of the molecule is CCN(CC)CCN(CC(=O)Nc1c(C)cc(C)cc1C)C(=O)c1ccccc1.O=C(O)C=CC(=O)O. The highest BCUT2D eigenvalue weighted by atomic mass is 16.4. The molecule has 9 heteroatoms. The maximum Gasteiger partial charge on any atom is 0.328 e. The van der Waals surface area contributed by atoms with Gasteiger partial charge >= 0.3 is 11.9 Å². The number of likely N-dealkylation sites (N-methyl/N-ethyl adjacent to an activating group) is 1. The summed E-state index contributed by atoms with van der Waals surface area (Å²) in [4.78, 5) is 48.8. The summed E-state index contributed by atoms with van der Waals surface area (Å²) < 4.78 is 0. The molecule has 2 aromatic carbocycles. The van der Waals surface area contributed by atoms with Crippen LogP contribution in [-0.2, 0) is 14.4 Å². The number of anilines is 1. The summed E-state index contributed by atoms with van der Waals surface area (Å²) >= 11 is 0. The molecule has 0 saturated heterocycles. The maximum absolute atomic E-state index is 13.0. The van der Waals surface area contributed by atoms with Crippen molar-refractivity contribution in [1.29, 1.82) is 0 Å². The van der Waals surface area contributed by atoms with E-state index in [0.29, 0.717) is 24.3 Å². The van der Waals surface area contributed by atoms with Crippen molar-refractivity contribution in [3.05, 3.63) is 76.9 Å². The lowest BCUT2D eigenvalue weighted by atomic mass is 10.1. The highest BCUT2D eigenvalue weighted by Crippen LogP contribution is 2.22. The number of carboxylic acid groups (broad SMARTS) is 2. The van der Waals surface area contributed by atoms with Crippen molar-refractivity contribution in [2.75, 3.05) is 38.0 Å². The van der Waals surface area contributed by atoms with Crippen LogP contribution in [0.3, 0.4) is 0 Å². The van der Waals surface area contributed by atoms with Crippen molar-refractivity contribution in [3.8, 4) is 0 Å².